The molecule has 0 bridgehead atoms. The molecule has 1 aromatic heterocycles. The first-order valence-corrected chi connectivity index (χ1v) is 7.56. The van der Waals surface area contributed by atoms with Gasteiger partial charge < -0.3 is 5.32 Å². The lowest BCUT2D eigenvalue weighted by atomic mass is 10.4. The summed E-state index contributed by atoms with van der Waals surface area (Å²) in [7, 11) is -3.62. The fourth-order valence-electron chi connectivity index (χ4n) is 1.68. The van der Waals surface area contributed by atoms with Crippen LogP contribution in [0.25, 0.3) is 0 Å². The van der Waals surface area contributed by atoms with Gasteiger partial charge in [0.1, 0.15) is 4.90 Å². The molecule has 104 valence electrons. The van der Waals surface area contributed by atoms with Crippen molar-refractivity contribution in [2.75, 3.05) is 25.0 Å². The Labute approximate surface area is 114 Å². The van der Waals surface area contributed by atoms with Crippen molar-refractivity contribution in [1.29, 1.82) is 5.26 Å². The molecule has 0 unspecified atom stereocenters. The minimum Gasteiger partial charge on any atom is -0.384 e. The molecule has 0 atom stereocenters. The first kappa shape index (κ1) is 15.4. The molecule has 6 nitrogen and oxygen atoms in total. The highest BCUT2D eigenvalue weighted by atomic mass is 32.2. The number of aromatic nitrogens is 1. The van der Waals surface area contributed by atoms with Gasteiger partial charge in [-0.25, -0.2) is 8.42 Å². The minimum absolute atomic E-state index is 0.150. The van der Waals surface area contributed by atoms with Gasteiger partial charge in [-0.1, -0.05) is 6.92 Å². The maximum atomic E-state index is 12.5. The van der Waals surface area contributed by atoms with E-state index in [1.54, 1.807) is 19.2 Å². The van der Waals surface area contributed by atoms with Crippen molar-refractivity contribution in [3.8, 4) is 6.07 Å². The number of anilines is 1. The molecular weight excluding hydrogens is 264 g/mol. The maximum absolute atomic E-state index is 12.5. The standard InChI is InChI=1S/C12H18N4O2S/c1-3-15-11-6-8-14-10-12(11)19(17,18)16(4-2)9-5-7-13/h6,8,10H,3-5,9H2,1-2H3,(H,14,15). The quantitative estimate of drug-likeness (QED) is 0.817. The highest BCUT2D eigenvalue weighted by Gasteiger charge is 2.25. The summed E-state index contributed by atoms with van der Waals surface area (Å²) in [4.78, 5) is 4.03. The van der Waals surface area contributed by atoms with Gasteiger partial charge in [-0.05, 0) is 13.0 Å². The SMILES string of the molecule is CCNc1ccncc1S(=O)(=O)N(CC)CCC#N. The van der Waals surface area contributed by atoms with Gasteiger partial charge in [0.25, 0.3) is 0 Å². The van der Waals surface area contributed by atoms with Crippen LogP contribution in [0.3, 0.4) is 0 Å². The van der Waals surface area contributed by atoms with Crippen LogP contribution >= 0.6 is 0 Å². The lowest BCUT2D eigenvalue weighted by Gasteiger charge is -2.20. The molecule has 0 aliphatic heterocycles. The molecule has 0 saturated heterocycles. The Bertz CT molecular complexity index is 551. The Balaban J connectivity index is 3.15. The van der Waals surface area contributed by atoms with Crippen molar-refractivity contribution in [3.05, 3.63) is 18.5 Å². The number of nitrogens with zero attached hydrogens (tertiary/aromatic N) is 3. The van der Waals surface area contributed by atoms with Crippen LogP contribution in [0, 0.1) is 11.3 Å². The Morgan fingerprint density at radius 2 is 2.21 bits per heavy atom. The summed E-state index contributed by atoms with van der Waals surface area (Å²) in [5, 5.41) is 11.6. The number of rotatable bonds is 7. The molecule has 0 amide bonds. The van der Waals surface area contributed by atoms with Gasteiger partial charge in [0.05, 0.1) is 11.8 Å². The van der Waals surface area contributed by atoms with E-state index in [2.05, 4.69) is 10.3 Å². The van der Waals surface area contributed by atoms with Crippen molar-refractivity contribution in [2.45, 2.75) is 25.2 Å². The molecule has 0 saturated carbocycles. The molecule has 0 aliphatic rings. The fourth-order valence-corrected chi connectivity index (χ4v) is 3.25. The molecule has 7 heteroatoms. The Kier molecular flexibility index (Phi) is 5.73. The van der Waals surface area contributed by atoms with Gasteiger partial charge in [-0.2, -0.15) is 9.57 Å². The number of nitrogens with one attached hydrogen (secondary N) is 1. The van der Waals surface area contributed by atoms with E-state index in [-0.39, 0.29) is 17.9 Å². The Morgan fingerprint density at radius 1 is 1.47 bits per heavy atom. The van der Waals surface area contributed by atoms with E-state index in [9.17, 15) is 8.42 Å². The number of hydrogen-bond acceptors (Lipinski definition) is 5. The second-order valence-corrected chi connectivity index (χ2v) is 5.71. The number of nitriles is 1. The first-order valence-electron chi connectivity index (χ1n) is 6.12. The third-order valence-electron chi connectivity index (χ3n) is 2.60. The lowest BCUT2D eigenvalue weighted by molar-refractivity contribution is 0.435. The van der Waals surface area contributed by atoms with Crippen molar-refractivity contribution >= 4 is 15.7 Å². The van der Waals surface area contributed by atoms with Crippen LogP contribution in [0.2, 0.25) is 0 Å². The van der Waals surface area contributed by atoms with E-state index in [1.165, 1.54) is 10.5 Å². The van der Waals surface area contributed by atoms with Crippen LogP contribution in [0.15, 0.2) is 23.4 Å². The summed E-state index contributed by atoms with van der Waals surface area (Å²) in [5.41, 5.74) is 0.535. The van der Waals surface area contributed by atoms with E-state index in [1.807, 2.05) is 13.0 Å². The molecule has 1 aromatic rings. The molecule has 0 fully saturated rings. The zero-order chi connectivity index (χ0) is 14.3. The van der Waals surface area contributed by atoms with E-state index in [0.29, 0.717) is 18.8 Å². The Hall–Kier alpha value is -1.65. The van der Waals surface area contributed by atoms with Crippen LogP contribution in [-0.4, -0.2) is 37.3 Å². The third-order valence-corrected chi connectivity index (χ3v) is 4.60. The van der Waals surface area contributed by atoms with E-state index in [4.69, 9.17) is 5.26 Å². The predicted octanol–water partition coefficient (Wildman–Crippen LogP) is 1.44. The zero-order valence-electron chi connectivity index (χ0n) is 11.1. The molecule has 0 spiro atoms. The Morgan fingerprint density at radius 3 is 2.79 bits per heavy atom. The first-order chi connectivity index (χ1) is 9.07. The smallest absolute Gasteiger partial charge is 0.246 e. The summed E-state index contributed by atoms with van der Waals surface area (Å²) in [6.07, 6.45) is 3.05. The number of sulfonamides is 1. The zero-order valence-corrected chi connectivity index (χ0v) is 11.9. The van der Waals surface area contributed by atoms with Crippen LogP contribution in [0.1, 0.15) is 20.3 Å². The monoisotopic (exact) mass is 282 g/mol. The van der Waals surface area contributed by atoms with Crippen molar-refractivity contribution < 1.29 is 8.42 Å². The molecule has 0 aliphatic carbocycles. The highest BCUT2D eigenvalue weighted by molar-refractivity contribution is 7.89. The fraction of sp³-hybridized carbons (Fsp3) is 0.500. The second kappa shape index (κ2) is 7.07. The molecule has 1 N–H and O–H groups in total. The van der Waals surface area contributed by atoms with E-state index in [0.717, 1.165) is 0 Å². The summed E-state index contributed by atoms with van der Waals surface area (Å²) < 4.78 is 26.3. The molecule has 1 heterocycles. The van der Waals surface area contributed by atoms with Gasteiger partial charge >= 0.3 is 0 Å². The average Bonchev–Trinajstić information content (AvgIpc) is 2.40. The van der Waals surface area contributed by atoms with Crippen molar-refractivity contribution in [3.63, 3.8) is 0 Å². The molecular formula is C12H18N4O2S. The van der Waals surface area contributed by atoms with Crippen molar-refractivity contribution in [1.82, 2.24) is 9.29 Å². The molecule has 1 rings (SSSR count). The normalized spacial score (nSPS) is 11.3. The maximum Gasteiger partial charge on any atom is 0.246 e. The average molecular weight is 282 g/mol. The topological polar surface area (TPSA) is 86.1 Å². The van der Waals surface area contributed by atoms with Gasteiger partial charge in [0.15, 0.2) is 0 Å². The van der Waals surface area contributed by atoms with E-state index >= 15 is 0 Å². The molecule has 0 radical (unpaired) electrons. The van der Waals surface area contributed by atoms with Gasteiger partial charge in [0, 0.05) is 38.4 Å². The van der Waals surface area contributed by atoms with Crippen LogP contribution in [-0.2, 0) is 10.0 Å². The summed E-state index contributed by atoms with van der Waals surface area (Å²) in [6.45, 7) is 4.78. The lowest BCUT2D eigenvalue weighted by Crippen LogP contribution is -2.32. The summed E-state index contributed by atoms with van der Waals surface area (Å²) in [5.74, 6) is 0. The third kappa shape index (κ3) is 3.66. The minimum atomic E-state index is -3.62. The van der Waals surface area contributed by atoms with Crippen molar-refractivity contribution in [2.24, 2.45) is 0 Å². The van der Waals surface area contributed by atoms with Crippen LogP contribution in [0.5, 0.6) is 0 Å². The number of hydrogen-bond donors (Lipinski definition) is 1. The predicted molar refractivity (Wildman–Crippen MR) is 73.1 cm³/mol. The summed E-state index contributed by atoms with van der Waals surface area (Å²) >= 11 is 0. The van der Waals surface area contributed by atoms with Gasteiger partial charge in [-0.15, -0.1) is 0 Å². The van der Waals surface area contributed by atoms with Gasteiger partial charge in [-0.3, -0.25) is 4.98 Å². The molecule has 19 heavy (non-hydrogen) atoms. The molecule has 0 aromatic carbocycles. The highest BCUT2D eigenvalue weighted by Crippen LogP contribution is 2.23. The largest absolute Gasteiger partial charge is 0.384 e. The summed E-state index contributed by atoms with van der Waals surface area (Å²) in [6, 6.07) is 3.59. The van der Waals surface area contributed by atoms with Gasteiger partial charge in [0.2, 0.25) is 10.0 Å². The van der Waals surface area contributed by atoms with Crippen LogP contribution in [0.4, 0.5) is 5.69 Å². The van der Waals surface area contributed by atoms with Crippen LogP contribution < -0.4 is 5.32 Å². The van der Waals surface area contributed by atoms with E-state index < -0.39 is 10.0 Å². The number of pyridine rings is 1. The second-order valence-electron chi connectivity index (χ2n) is 3.81.